The van der Waals surface area contributed by atoms with Gasteiger partial charge in [-0.3, -0.25) is 0 Å². The predicted molar refractivity (Wildman–Crippen MR) is 63.9 cm³/mol. The first-order valence-corrected chi connectivity index (χ1v) is 5.48. The van der Waals surface area contributed by atoms with Crippen molar-refractivity contribution in [3.8, 4) is 0 Å². The third-order valence-electron chi connectivity index (χ3n) is 1.94. The van der Waals surface area contributed by atoms with Crippen LogP contribution in [0.3, 0.4) is 0 Å². The van der Waals surface area contributed by atoms with Gasteiger partial charge in [0.25, 0.3) is 0 Å². The number of rotatable bonds is 4. The summed E-state index contributed by atoms with van der Waals surface area (Å²) in [5.74, 6) is -2.48. The van der Waals surface area contributed by atoms with Gasteiger partial charge in [-0.1, -0.05) is 0 Å². The highest BCUT2D eigenvalue weighted by molar-refractivity contribution is 9.10. The molecular weight excluding hydrogens is 296 g/mol. The number of carboxylic acid groups (broad SMARTS) is 1. The molecule has 3 nitrogen and oxygen atoms in total. The van der Waals surface area contributed by atoms with Crippen LogP contribution in [0.15, 0.2) is 28.3 Å². The van der Waals surface area contributed by atoms with Crippen LogP contribution in [-0.4, -0.2) is 17.6 Å². The second kappa shape index (κ2) is 5.77. The summed E-state index contributed by atoms with van der Waals surface area (Å²) in [6.07, 6.45) is 1.02. The fraction of sp³-hybridized carbons (Fsp3) is 0.182. The van der Waals surface area contributed by atoms with Crippen molar-refractivity contribution < 1.29 is 18.7 Å². The fourth-order valence-electron chi connectivity index (χ4n) is 1.15. The van der Waals surface area contributed by atoms with E-state index in [1.165, 1.54) is 6.07 Å². The first kappa shape index (κ1) is 13.6. The van der Waals surface area contributed by atoms with E-state index in [9.17, 15) is 13.6 Å². The summed E-state index contributed by atoms with van der Waals surface area (Å²) in [4.78, 5) is 10.4. The van der Waals surface area contributed by atoms with Crippen molar-refractivity contribution in [3.05, 3.63) is 39.9 Å². The molecule has 0 spiro atoms. The highest BCUT2D eigenvalue weighted by atomic mass is 79.9. The van der Waals surface area contributed by atoms with Crippen molar-refractivity contribution in [2.24, 2.45) is 0 Å². The Morgan fingerprint density at radius 3 is 2.71 bits per heavy atom. The van der Waals surface area contributed by atoms with Crippen molar-refractivity contribution in [1.29, 1.82) is 0 Å². The van der Waals surface area contributed by atoms with Crippen molar-refractivity contribution >= 4 is 27.6 Å². The Balaban J connectivity index is 2.76. The molecule has 0 aliphatic rings. The van der Waals surface area contributed by atoms with Gasteiger partial charge in [0.1, 0.15) is 11.6 Å². The summed E-state index contributed by atoms with van der Waals surface area (Å²) in [6.45, 7) is 1.76. The highest BCUT2D eigenvalue weighted by Gasteiger charge is 2.07. The van der Waals surface area contributed by atoms with Gasteiger partial charge >= 0.3 is 5.97 Å². The minimum Gasteiger partial charge on any atom is -0.478 e. The summed E-state index contributed by atoms with van der Waals surface area (Å²) < 4.78 is 26.4. The van der Waals surface area contributed by atoms with E-state index in [2.05, 4.69) is 21.2 Å². The lowest BCUT2D eigenvalue weighted by atomic mass is 10.2. The van der Waals surface area contributed by atoms with Gasteiger partial charge in [0.2, 0.25) is 0 Å². The van der Waals surface area contributed by atoms with Gasteiger partial charge in [-0.15, -0.1) is 0 Å². The smallest absolute Gasteiger partial charge is 0.328 e. The van der Waals surface area contributed by atoms with E-state index in [1.54, 1.807) is 6.92 Å². The van der Waals surface area contributed by atoms with Crippen LogP contribution in [0, 0.1) is 11.6 Å². The van der Waals surface area contributed by atoms with E-state index in [4.69, 9.17) is 5.11 Å². The number of aliphatic carboxylic acids is 1. The Labute approximate surface area is 105 Å². The minimum atomic E-state index is -1.06. The number of anilines is 1. The maximum atomic E-state index is 13.3. The van der Waals surface area contributed by atoms with Gasteiger partial charge in [0, 0.05) is 18.7 Å². The molecule has 0 radical (unpaired) electrons. The number of hydrogen-bond donors (Lipinski definition) is 2. The van der Waals surface area contributed by atoms with Crippen LogP contribution in [-0.2, 0) is 4.79 Å². The molecule has 0 bridgehead atoms. The second-order valence-electron chi connectivity index (χ2n) is 3.43. The number of hydrogen-bond acceptors (Lipinski definition) is 2. The van der Waals surface area contributed by atoms with E-state index >= 15 is 0 Å². The Morgan fingerprint density at radius 2 is 2.12 bits per heavy atom. The summed E-state index contributed by atoms with van der Waals surface area (Å²) in [7, 11) is 0. The van der Waals surface area contributed by atoms with Gasteiger partial charge in [-0.05, 0) is 34.5 Å². The molecular formula is C11H10BrF2NO2. The fourth-order valence-corrected chi connectivity index (χ4v) is 1.50. The highest BCUT2D eigenvalue weighted by Crippen LogP contribution is 2.23. The summed E-state index contributed by atoms with van der Waals surface area (Å²) >= 11 is 2.94. The lowest BCUT2D eigenvalue weighted by Crippen LogP contribution is -2.06. The van der Waals surface area contributed by atoms with Crippen molar-refractivity contribution in [3.63, 3.8) is 0 Å². The molecule has 0 aromatic heterocycles. The van der Waals surface area contributed by atoms with Gasteiger partial charge in [-0.2, -0.15) is 0 Å². The molecule has 1 aromatic carbocycles. The number of carboxylic acids is 1. The Bertz CT molecular complexity index is 475. The van der Waals surface area contributed by atoms with Crippen molar-refractivity contribution in [2.45, 2.75) is 6.92 Å². The molecule has 0 unspecified atom stereocenters. The monoisotopic (exact) mass is 305 g/mol. The summed E-state index contributed by atoms with van der Waals surface area (Å²) in [5, 5.41) is 11.2. The molecule has 6 heteroatoms. The van der Waals surface area contributed by atoms with Crippen LogP contribution in [0.4, 0.5) is 14.5 Å². The third-order valence-corrected chi connectivity index (χ3v) is 2.55. The van der Waals surface area contributed by atoms with Crippen LogP contribution in [0.1, 0.15) is 6.92 Å². The van der Waals surface area contributed by atoms with Crippen LogP contribution in [0.25, 0.3) is 0 Å². The quantitative estimate of drug-likeness (QED) is 0.663. The molecule has 0 aliphatic carbocycles. The molecule has 0 saturated heterocycles. The second-order valence-corrected chi connectivity index (χ2v) is 4.28. The molecule has 17 heavy (non-hydrogen) atoms. The Hall–Kier alpha value is -1.43. The molecule has 0 amide bonds. The number of benzene rings is 1. The molecule has 92 valence electrons. The number of carbonyl (C=O) groups is 1. The zero-order valence-electron chi connectivity index (χ0n) is 8.93. The first-order valence-electron chi connectivity index (χ1n) is 4.68. The number of halogens is 3. The van der Waals surface area contributed by atoms with Crippen molar-refractivity contribution in [1.82, 2.24) is 0 Å². The van der Waals surface area contributed by atoms with E-state index in [0.717, 1.165) is 12.1 Å². The van der Waals surface area contributed by atoms with Crippen LogP contribution >= 0.6 is 15.9 Å². The molecule has 0 aliphatic heterocycles. The zero-order chi connectivity index (χ0) is 13.0. The average molecular weight is 306 g/mol. The van der Waals surface area contributed by atoms with Crippen LogP contribution < -0.4 is 5.32 Å². The molecule has 2 N–H and O–H groups in total. The summed E-state index contributed by atoms with van der Waals surface area (Å²) in [5.41, 5.74) is 0.633. The molecule has 0 atom stereocenters. The predicted octanol–water partition coefficient (Wildman–Crippen LogP) is 3.17. The lowest BCUT2D eigenvalue weighted by Gasteiger charge is -2.08. The topological polar surface area (TPSA) is 49.3 Å². The summed E-state index contributed by atoms with van der Waals surface area (Å²) in [6, 6.07) is 2.02. The molecule has 0 heterocycles. The van der Waals surface area contributed by atoms with Crippen LogP contribution in [0.5, 0.6) is 0 Å². The first-order chi connectivity index (χ1) is 7.90. The number of nitrogens with one attached hydrogen (secondary N) is 1. The van der Waals surface area contributed by atoms with E-state index in [-0.39, 0.29) is 16.7 Å². The van der Waals surface area contributed by atoms with E-state index in [1.807, 2.05) is 0 Å². The molecule has 1 aromatic rings. The minimum absolute atomic E-state index is 0.108. The maximum Gasteiger partial charge on any atom is 0.328 e. The van der Waals surface area contributed by atoms with Gasteiger partial charge in [-0.25, -0.2) is 13.6 Å². The molecule has 0 saturated carbocycles. The van der Waals surface area contributed by atoms with Gasteiger partial charge < -0.3 is 10.4 Å². The third kappa shape index (κ3) is 4.14. The normalized spacial score (nSPS) is 11.4. The molecule has 0 fully saturated rings. The largest absolute Gasteiger partial charge is 0.478 e. The maximum absolute atomic E-state index is 13.3. The van der Waals surface area contributed by atoms with E-state index in [0.29, 0.717) is 5.57 Å². The van der Waals surface area contributed by atoms with Gasteiger partial charge in [0.05, 0.1) is 10.2 Å². The zero-order valence-corrected chi connectivity index (χ0v) is 10.5. The average Bonchev–Trinajstić information content (AvgIpc) is 2.20. The Kier molecular flexibility index (Phi) is 4.62. The standard InChI is InChI=1S/C11H10BrF2NO2/c1-6(2-11(16)17)5-15-10-3-7(12)8(13)4-9(10)14/h2-4,15H,5H2,1H3,(H,16,17)/b6-2-. The van der Waals surface area contributed by atoms with Crippen LogP contribution in [0.2, 0.25) is 0 Å². The van der Waals surface area contributed by atoms with E-state index < -0.39 is 17.6 Å². The van der Waals surface area contributed by atoms with Crippen molar-refractivity contribution in [2.75, 3.05) is 11.9 Å². The van der Waals surface area contributed by atoms with Gasteiger partial charge in [0.15, 0.2) is 0 Å². The lowest BCUT2D eigenvalue weighted by molar-refractivity contribution is -0.131. The SMILES string of the molecule is C/C(=C/C(=O)O)CNc1cc(Br)c(F)cc1F. The Morgan fingerprint density at radius 1 is 1.47 bits per heavy atom. The molecule has 1 rings (SSSR count).